The second-order valence-electron chi connectivity index (χ2n) is 7.31. The molecule has 2 fully saturated rings. The van der Waals surface area contributed by atoms with Crippen molar-refractivity contribution >= 4 is 5.91 Å². The molecule has 0 saturated carbocycles. The topological polar surface area (TPSA) is 76.6 Å². The van der Waals surface area contributed by atoms with E-state index >= 15 is 0 Å². The number of rotatable bonds is 2. The number of carbonyl (C=O) groups excluding carboxylic acids is 1. The van der Waals surface area contributed by atoms with Gasteiger partial charge < -0.3 is 15.0 Å². The number of aromatic amines is 1. The van der Waals surface area contributed by atoms with Crippen LogP contribution in [-0.4, -0.2) is 64.1 Å². The number of amides is 1. The highest BCUT2D eigenvalue weighted by Crippen LogP contribution is 2.23. The lowest BCUT2D eigenvalue weighted by Gasteiger charge is -2.25. The molecule has 1 aliphatic carbocycles. The smallest absolute Gasteiger partial charge is 0.261 e. The second kappa shape index (κ2) is 6.33. The number of hydrogen-bond acceptors (Lipinski definition) is 4. The van der Waals surface area contributed by atoms with Crippen LogP contribution in [0.5, 0.6) is 0 Å². The number of β-amino-alcohol motifs (C(OH)–C–C–N with tert-alkyl or cyclic N) is 1. The summed E-state index contributed by atoms with van der Waals surface area (Å²) in [7, 11) is 0. The Morgan fingerprint density at radius 1 is 1.12 bits per heavy atom. The molecule has 0 spiro atoms. The van der Waals surface area contributed by atoms with E-state index in [9.17, 15) is 14.7 Å². The molecule has 0 aromatic carbocycles. The Hall–Kier alpha value is -1.66. The predicted molar refractivity (Wildman–Crippen MR) is 90.2 cm³/mol. The monoisotopic (exact) mass is 331 g/mol. The first-order chi connectivity index (χ1) is 11.6. The Bertz CT molecular complexity index is 693. The van der Waals surface area contributed by atoms with Gasteiger partial charge in [0.25, 0.3) is 11.5 Å². The first-order valence-corrected chi connectivity index (χ1v) is 9.10. The summed E-state index contributed by atoms with van der Waals surface area (Å²) in [6.45, 7) is 2.80. The molecule has 130 valence electrons. The van der Waals surface area contributed by atoms with E-state index in [0.717, 1.165) is 62.9 Å². The summed E-state index contributed by atoms with van der Waals surface area (Å²) in [6.07, 6.45) is 5.79. The van der Waals surface area contributed by atoms with Crippen LogP contribution in [0.3, 0.4) is 0 Å². The van der Waals surface area contributed by atoms with Gasteiger partial charge in [-0.1, -0.05) is 0 Å². The summed E-state index contributed by atoms with van der Waals surface area (Å²) in [5, 5.41) is 10.4. The van der Waals surface area contributed by atoms with Gasteiger partial charge in [-0.05, 0) is 63.2 Å². The van der Waals surface area contributed by atoms with Gasteiger partial charge in [0.15, 0.2) is 0 Å². The number of likely N-dealkylation sites (tertiary alicyclic amines) is 2. The van der Waals surface area contributed by atoms with Crippen LogP contribution in [0.2, 0.25) is 0 Å². The molecule has 3 heterocycles. The van der Waals surface area contributed by atoms with Crippen molar-refractivity contribution in [3.05, 3.63) is 33.2 Å². The number of carbonyl (C=O) groups is 1. The number of aromatic nitrogens is 1. The molecule has 2 atom stereocenters. The fourth-order valence-corrected chi connectivity index (χ4v) is 4.37. The molecule has 0 bridgehead atoms. The number of nitrogens with one attached hydrogen (secondary N) is 1. The maximum Gasteiger partial charge on any atom is 0.261 e. The third kappa shape index (κ3) is 2.78. The molecular formula is C18H25N3O3. The average molecular weight is 331 g/mol. The van der Waals surface area contributed by atoms with Crippen LogP contribution in [0, 0.1) is 0 Å². The van der Waals surface area contributed by atoms with Crippen LogP contribution in [0.1, 0.15) is 47.3 Å². The number of aliphatic hydroxyl groups is 1. The maximum atomic E-state index is 12.8. The van der Waals surface area contributed by atoms with E-state index in [2.05, 4.69) is 9.88 Å². The Balaban J connectivity index is 1.55. The molecule has 3 aliphatic rings. The van der Waals surface area contributed by atoms with Gasteiger partial charge in [0.1, 0.15) is 5.56 Å². The molecule has 0 radical (unpaired) electrons. The number of aryl methyl sites for hydroxylation is 2. The van der Waals surface area contributed by atoms with E-state index in [4.69, 9.17) is 0 Å². The quantitative estimate of drug-likeness (QED) is 0.829. The minimum atomic E-state index is -0.524. The van der Waals surface area contributed by atoms with Crippen molar-refractivity contribution in [3.63, 3.8) is 0 Å². The van der Waals surface area contributed by atoms with E-state index in [1.165, 1.54) is 0 Å². The zero-order chi connectivity index (χ0) is 16.7. The second-order valence-corrected chi connectivity index (χ2v) is 7.31. The fourth-order valence-electron chi connectivity index (χ4n) is 4.37. The standard InChI is InChI=1S/C18H25N3O3/c22-16-11-21(10-15(16)20-7-3-4-8-20)18(24)13-9-12-5-1-2-6-14(12)19-17(13)23/h9,15-16,22H,1-8,10-11H2,(H,19,23)/t15-,16-/m1/s1. The first-order valence-electron chi connectivity index (χ1n) is 9.10. The minimum Gasteiger partial charge on any atom is -0.390 e. The van der Waals surface area contributed by atoms with Gasteiger partial charge in [-0.25, -0.2) is 0 Å². The number of aliphatic hydroxyl groups excluding tert-OH is 1. The fraction of sp³-hybridized carbons (Fsp3) is 0.667. The molecule has 6 nitrogen and oxygen atoms in total. The first kappa shape index (κ1) is 15.8. The number of H-pyrrole nitrogens is 1. The summed E-state index contributed by atoms with van der Waals surface area (Å²) in [4.78, 5) is 32.0. The van der Waals surface area contributed by atoms with Gasteiger partial charge in [0.05, 0.1) is 12.1 Å². The third-order valence-corrected chi connectivity index (χ3v) is 5.72. The molecule has 6 heteroatoms. The SMILES string of the molecule is O=C(c1cc2c([nH]c1=O)CCCC2)N1C[C@@H](O)[C@H](N2CCCC2)C1. The zero-order valence-corrected chi connectivity index (χ0v) is 14.0. The predicted octanol–water partition coefficient (Wildman–Crippen LogP) is 0.535. The van der Waals surface area contributed by atoms with Crippen molar-refractivity contribution in [1.29, 1.82) is 0 Å². The van der Waals surface area contributed by atoms with Gasteiger partial charge in [-0.15, -0.1) is 0 Å². The Labute approximate surface area is 141 Å². The van der Waals surface area contributed by atoms with Crippen molar-refractivity contribution in [2.75, 3.05) is 26.2 Å². The third-order valence-electron chi connectivity index (χ3n) is 5.72. The van der Waals surface area contributed by atoms with Crippen LogP contribution in [0.4, 0.5) is 0 Å². The van der Waals surface area contributed by atoms with Crippen molar-refractivity contribution < 1.29 is 9.90 Å². The Morgan fingerprint density at radius 3 is 2.67 bits per heavy atom. The van der Waals surface area contributed by atoms with Crippen LogP contribution in [0.15, 0.2) is 10.9 Å². The Kier molecular flexibility index (Phi) is 4.18. The average Bonchev–Trinajstić information content (AvgIpc) is 3.22. The summed E-state index contributed by atoms with van der Waals surface area (Å²) in [5.41, 5.74) is 2.02. The molecule has 1 aromatic heterocycles. The number of hydrogen-bond donors (Lipinski definition) is 2. The summed E-state index contributed by atoms with van der Waals surface area (Å²) >= 11 is 0. The van der Waals surface area contributed by atoms with Gasteiger partial charge in [0, 0.05) is 18.8 Å². The van der Waals surface area contributed by atoms with Crippen LogP contribution >= 0.6 is 0 Å². The van der Waals surface area contributed by atoms with Gasteiger partial charge in [-0.2, -0.15) is 0 Å². The van der Waals surface area contributed by atoms with Crippen LogP contribution in [0.25, 0.3) is 0 Å². The minimum absolute atomic E-state index is 0.00755. The highest BCUT2D eigenvalue weighted by molar-refractivity contribution is 5.94. The van der Waals surface area contributed by atoms with Crippen molar-refractivity contribution in [2.24, 2.45) is 0 Å². The number of fused-ring (bicyclic) bond motifs is 1. The zero-order valence-electron chi connectivity index (χ0n) is 14.0. The van der Waals surface area contributed by atoms with Gasteiger partial charge >= 0.3 is 0 Å². The molecular weight excluding hydrogens is 306 g/mol. The van der Waals surface area contributed by atoms with Gasteiger partial charge in [-0.3, -0.25) is 14.5 Å². The van der Waals surface area contributed by atoms with Crippen LogP contribution in [-0.2, 0) is 12.8 Å². The molecule has 4 rings (SSSR count). The number of nitrogens with zero attached hydrogens (tertiary/aromatic N) is 2. The van der Waals surface area contributed by atoms with E-state index in [0.29, 0.717) is 13.1 Å². The molecule has 2 N–H and O–H groups in total. The highest BCUT2D eigenvalue weighted by atomic mass is 16.3. The van der Waals surface area contributed by atoms with E-state index in [-0.39, 0.29) is 23.1 Å². The molecule has 24 heavy (non-hydrogen) atoms. The summed E-state index contributed by atoms with van der Waals surface area (Å²) in [6, 6.07) is 1.79. The lowest BCUT2D eigenvalue weighted by atomic mass is 9.95. The molecule has 0 unspecified atom stereocenters. The summed E-state index contributed by atoms with van der Waals surface area (Å²) in [5.74, 6) is -0.245. The van der Waals surface area contributed by atoms with Crippen molar-refractivity contribution in [2.45, 2.75) is 50.7 Å². The molecule has 1 aromatic rings. The number of pyridine rings is 1. The van der Waals surface area contributed by atoms with Crippen molar-refractivity contribution in [3.8, 4) is 0 Å². The normalized spacial score (nSPS) is 27.5. The molecule has 1 amide bonds. The molecule has 2 saturated heterocycles. The summed E-state index contributed by atoms with van der Waals surface area (Å²) < 4.78 is 0. The van der Waals surface area contributed by atoms with E-state index < -0.39 is 6.10 Å². The van der Waals surface area contributed by atoms with Gasteiger partial charge in [0.2, 0.25) is 0 Å². The lowest BCUT2D eigenvalue weighted by Crippen LogP contribution is -2.41. The largest absolute Gasteiger partial charge is 0.390 e. The van der Waals surface area contributed by atoms with Crippen LogP contribution < -0.4 is 5.56 Å². The van der Waals surface area contributed by atoms with E-state index in [1.807, 2.05) is 0 Å². The Morgan fingerprint density at radius 2 is 1.88 bits per heavy atom. The van der Waals surface area contributed by atoms with E-state index in [1.54, 1.807) is 11.0 Å². The lowest BCUT2D eigenvalue weighted by molar-refractivity contribution is 0.0761. The molecule has 2 aliphatic heterocycles. The maximum absolute atomic E-state index is 12.8. The van der Waals surface area contributed by atoms with Crippen molar-refractivity contribution in [1.82, 2.24) is 14.8 Å². The highest BCUT2D eigenvalue weighted by Gasteiger charge is 2.39.